The summed E-state index contributed by atoms with van der Waals surface area (Å²) in [5.74, 6) is 0.719. The first kappa shape index (κ1) is 22.8. The number of hydrogen-bond donors (Lipinski definition) is 3. The van der Waals surface area contributed by atoms with Crippen LogP contribution in [0.5, 0.6) is 0 Å². The minimum atomic E-state index is -0.0637. The van der Waals surface area contributed by atoms with Crippen molar-refractivity contribution in [2.24, 2.45) is 4.99 Å². The largest absolute Gasteiger partial charge is 0.373 e. The van der Waals surface area contributed by atoms with E-state index in [9.17, 15) is 4.79 Å². The van der Waals surface area contributed by atoms with Crippen molar-refractivity contribution in [3.63, 3.8) is 0 Å². The number of aliphatic imine (C=N–C) groups is 1. The molecule has 0 radical (unpaired) electrons. The van der Waals surface area contributed by atoms with Crippen LogP contribution in [0.25, 0.3) is 0 Å². The number of carbonyl (C=O) groups excluding carboxylic acids is 1. The average molecular weight is 423 g/mol. The number of rotatable bonds is 9. The van der Waals surface area contributed by atoms with Gasteiger partial charge in [-0.05, 0) is 60.9 Å². The van der Waals surface area contributed by atoms with Gasteiger partial charge in [-0.2, -0.15) is 0 Å². The van der Waals surface area contributed by atoms with Crippen LogP contribution >= 0.6 is 0 Å². The van der Waals surface area contributed by atoms with Gasteiger partial charge in [0, 0.05) is 39.4 Å². The van der Waals surface area contributed by atoms with E-state index in [0.717, 1.165) is 56.9 Å². The number of amides is 1. The Kier molecular flexibility index (Phi) is 8.91. The Balaban J connectivity index is 1.34. The Morgan fingerprint density at radius 1 is 1.13 bits per heavy atom. The molecule has 3 N–H and O–H groups in total. The highest BCUT2D eigenvalue weighted by Crippen LogP contribution is 2.32. The fraction of sp³-hybridized carbons (Fsp3) is 0.440. The quantitative estimate of drug-likeness (QED) is 0.329. The van der Waals surface area contributed by atoms with Gasteiger partial charge in [0.15, 0.2) is 5.96 Å². The molecule has 166 valence electrons. The van der Waals surface area contributed by atoms with Crippen LogP contribution in [-0.4, -0.2) is 45.7 Å². The fourth-order valence-corrected chi connectivity index (χ4v) is 3.95. The van der Waals surface area contributed by atoms with Crippen molar-refractivity contribution in [1.82, 2.24) is 16.0 Å². The Morgan fingerprint density at radius 2 is 1.97 bits per heavy atom. The van der Waals surface area contributed by atoms with E-state index in [-0.39, 0.29) is 12.0 Å². The third-order valence-electron chi connectivity index (χ3n) is 5.59. The van der Waals surface area contributed by atoms with E-state index in [4.69, 9.17) is 4.74 Å². The first-order chi connectivity index (χ1) is 15.2. The third kappa shape index (κ3) is 6.82. The SMILES string of the molecule is CN=C(NCCCOC1CCCc2ccccc21)NCCc1cccc(C(=O)NC)c1. The van der Waals surface area contributed by atoms with E-state index in [1.807, 2.05) is 24.3 Å². The second kappa shape index (κ2) is 12.1. The first-order valence-corrected chi connectivity index (χ1v) is 11.2. The summed E-state index contributed by atoms with van der Waals surface area (Å²) in [5, 5.41) is 9.33. The highest BCUT2D eigenvalue weighted by Gasteiger charge is 2.19. The predicted molar refractivity (Wildman–Crippen MR) is 126 cm³/mol. The van der Waals surface area contributed by atoms with Crippen LogP contribution in [0.15, 0.2) is 53.5 Å². The summed E-state index contributed by atoms with van der Waals surface area (Å²) in [5.41, 5.74) is 4.59. The maximum atomic E-state index is 11.8. The summed E-state index contributed by atoms with van der Waals surface area (Å²) in [7, 11) is 3.42. The zero-order chi connectivity index (χ0) is 21.9. The standard InChI is InChI=1S/C25H34N4O2/c1-26-24(30)21-11-5-8-19(18-21)14-16-29-25(27-2)28-15-7-17-31-23-13-6-10-20-9-3-4-12-22(20)23/h3-5,8-9,11-12,18,23H,6-7,10,13-17H2,1-2H3,(H,26,30)(H2,27,28,29). The topological polar surface area (TPSA) is 74.8 Å². The van der Waals surface area contributed by atoms with Crippen LogP contribution in [0.3, 0.4) is 0 Å². The minimum Gasteiger partial charge on any atom is -0.373 e. The predicted octanol–water partition coefficient (Wildman–Crippen LogP) is 3.24. The molecule has 0 fully saturated rings. The molecule has 1 aliphatic rings. The van der Waals surface area contributed by atoms with Gasteiger partial charge in [-0.3, -0.25) is 9.79 Å². The van der Waals surface area contributed by atoms with Crippen molar-refractivity contribution in [2.45, 2.75) is 38.2 Å². The molecule has 1 aliphatic carbocycles. The molecule has 0 bridgehead atoms. The molecule has 1 unspecified atom stereocenters. The summed E-state index contributed by atoms with van der Waals surface area (Å²) < 4.78 is 6.17. The Labute approximate surface area is 185 Å². The molecule has 6 heteroatoms. The van der Waals surface area contributed by atoms with Gasteiger partial charge in [-0.25, -0.2) is 0 Å². The van der Waals surface area contributed by atoms with Crippen LogP contribution in [-0.2, 0) is 17.6 Å². The molecule has 6 nitrogen and oxygen atoms in total. The van der Waals surface area contributed by atoms with Gasteiger partial charge in [0.1, 0.15) is 0 Å². The second-order valence-electron chi connectivity index (χ2n) is 7.76. The maximum Gasteiger partial charge on any atom is 0.251 e. The first-order valence-electron chi connectivity index (χ1n) is 11.2. The lowest BCUT2D eigenvalue weighted by Gasteiger charge is -2.25. The molecule has 1 amide bonds. The molecule has 0 aliphatic heterocycles. The molecule has 2 aromatic carbocycles. The van der Waals surface area contributed by atoms with E-state index >= 15 is 0 Å². The summed E-state index contributed by atoms with van der Waals surface area (Å²) >= 11 is 0. The van der Waals surface area contributed by atoms with Gasteiger partial charge < -0.3 is 20.7 Å². The summed E-state index contributed by atoms with van der Waals surface area (Å²) in [6.45, 7) is 2.28. The molecule has 31 heavy (non-hydrogen) atoms. The van der Waals surface area contributed by atoms with E-state index in [1.165, 1.54) is 17.5 Å². The van der Waals surface area contributed by atoms with Crippen molar-refractivity contribution in [3.05, 3.63) is 70.8 Å². The lowest BCUT2D eigenvalue weighted by molar-refractivity contribution is 0.0398. The van der Waals surface area contributed by atoms with Crippen molar-refractivity contribution in [2.75, 3.05) is 33.8 Å². The second-order valence-corrected chi connectivity index (χ2v) is 7.76. The fourth-order valence-electron chi connectivity index (χ4n) is 3.95. The molecular formula is C25H34N4O2. The number of nitrogens with zero attached hydrogens (tertiary/aromatic N) is 1. The highest BCUT2D eigenvalue weighted by molar-refractivity contribution is 5.94. The van der Waals surface area contributed by atoms with Crippen molar-refractivity contribution in [1.29, 1.82) is 0 Å². The molecule has 1 atom stereocenters. The average Bonchev–Trinajstić information content (AvgIpc) is 2.82. The number of benzene rings is 2. The van der Waals surface area contributed by atoms with Crippen molar-refractivity contribution >= 4 is 11.9 Å². The van der Waals surface area contributed by atoms with Gasteiger partial charge >= 0.3 is 0 Å². The van der Waals surface area contributed by atoms with E-state index in [1.54, 1.807) is 14.1 Å². The molecular weight excluding hydrogens is 388 g/mol. The number of carbonyl (C=O) groups is 1. The molecule has 0 saturated carbocycles. The van der Waals surface area contributed by atoms with Gasteiger partial charge in [0.25, 0.3) is 5.91 Å². The number of guanidine groups is 1. The summed E-state index contributed by atoms with van der Waals surface area (Å²) in [4.78, 5) is 16.0. The normalized spacial score (nSPS) is 15.8. The minimum absolute atomic E-state index is 0.0637. The van der Waals surface area contributed by atoms with Gasteiger partial charge in [-0.1, -0.05) is 36.4 Å². The van der Waals surface area contributed by atoms with Crippen LogP contribution in [0.2, 0.25) is 0 Å². The number of fused-ring (bicyclic) bond motifs is 1. The zero-order valence-electron chi connectivity index (χ0n) is 18.6. The molecule has 0 spiro atoms. The van der Waals surface area contributed by atoms with Crippen LogP contribution in [0.4, 0.5) is 0 Å². The maximum absolute atomic E-state index is 11.8. The Morgan fingerprint density at radius 3 is 2.81 bits per heavy atom. The van der Waals surface area contributed by atoms with Gasteiger partial charge in [0.2, 0.25) is 0 Å². The summed E-state index contributed by atoms with van der Waals surface area (Å²) in [6, 6.07) is 16.3. The van der Waals surface area contributed by atoms with Crippen molar-refractivity contribution in [3.8, 4) is 0 Å². The van der Waals surface area contributed by atoms with Crippen molar-refractivity contribution < 1.29 is 9.53 Å². The lowest BCUT2D eigenvalue weighted by atomic mass is 9.89. The third-order valence-corrected chi connectivity index (χ3v) is 5.59. The van der Waals surface area contributed by atoms with Crippen LogP contribution < -0.4 is 16.0 Å². The molecule has 0 heterocycles. The number of aryl methyl sites for hydroxylation is 1. The molecule has 0 aromatic heterocycles. The smallest absolute Gasteiger partial charge is 0.251 e. The van der Waals surface area contributed by atoms with Gasteiger partial charge in [0.05, 0.1) is 6.10 Å². The molecule has 2 aromatic rings. The summed E-state index contributed by atoms with van der Waals surface area (Å²) in [6.07, 6.45) is 5.43. The van der Waals surface area contributed by atoms with Crippen LogP contribution in [0.1, 0.15) is 52.4 Å². The van der Waals surface area contributed by atoms with E-state index < -0.39 is 0 Å². The molecule has 3 rings (SSSR count). The number of ether oxygens (including phenoxy) is 1. The monoisotopic (exact) mass is 422 g/mol. The molecule has 0 saturated heterocycles. The number of hydrogen-bond acceptors (Lipinski definition) is 3. The van der Waals surface area contributed by atoms with Gasteiger partial charge in [-0.15, -0.1) is 0 Å². The van der Waals surface area contributed by atoms with Crippen LogP contribution in [0, 0.1) is 0 Å². The Hall–Kier alpha value is -2.86. The van der Waals surface area contributed by atoms with E-state index in [0.29, 0.717) is 5.56 Å². The lowest BCUT2D eigenvalue weighted by Crippen LogP contribution is -2.39. The number of nitrogens with one attached hydrogen (secondary N) is 3. The highest BCUT2D eigenvalue weighted by atomic mass is 16.5. The zero-order valence-corrected chi connectivity index (χ0v) is 18.6. The Bertz CT molecular complexity index is 881. The van der Waals surface area contributed by atoms with E-state index in [2.05, 4.69) is 45.2 Å².